The van der Waals surface area contributed by atoms with Gasteiger partial charge in [-0.05, 0) is 31.9 Å². The van der Waals surface area contributed by atoms with E-state index in [1.807, 2.05) is 24.3 Å². The van der Waals surface area contributed by atoms with E-state index in [2.05, 4.69) is 21.7 Å². The Morgan fingerprint density at radius 2 is 2.00 bits per heavy atom. The van der Waals surface area contributed by atoms with Crippen LogP contribution in [-0.4, -0.2) is 47.9 Å². The Balaban J connectivity index is 1.70. The second kappa shape index (κ2) is 8.92. The zero-order valence-corrected chi connectivity index (χ0v) is 19.7. The third-order valence-corrected chi connectivity index (χ3v) is 6.45. The highest BCUT2D eigenvalue weighted by Crippen LogP contribution is 2.24. The smallest absolute Gasteiger partial charge is 0.332 e. The van der Waals surface area contributed by atoms with Crippen LogP contribution in [0.3, 0.4) is 0 Å². The molecule has 10 heteroatoms. The molecule has 0 saturated carbocycles. The standard InChI is InChI=1S/C25H27N7O3/c1-3-4-12-31-21-22(28-24(31)30-11-7-9-17(26)14-30)29(2)25(35)32(23(21)34)15-19-20(33)13-16-8-5-6-10-18(16)27-19/h5-6,8,10,13,17,33H,7,9,11-12,14-15,26H2,1-2H3/t17-/m1/s1. The number of pyridine rings is 1. The van der Waals surface area contributed by atoms with Crippen LogP contribution in [0.25, 0.3) is 22.1 Å². The van der Waals surface area contributed by atoms with Gasteiger partial charge in [0, 0.05) is 31.6 Å². The average Bonchev–Trinajstić information content (AvgIpc) is 3.24. The van der Waals surface area contributed by atoms with Gasteiger partial charge in [0.2, 0.25) is 5.95 Å². The van der Waals surface area contributed by atoms with Crippen molar-refractivity contribution in [1.82, 2.24) is 23.7 Å². The number of benzene rings is 1. The van der Waals surface area contributed by atoms with Crippen LogP contribution in [0.5, 0.6) is 5.75 Å². The van der Waals surface area contributed by atoms with Gasteiger partial charge in [0.25, 0.3) is 5.56 Å². The zero-order valence-electron chi connectivity index (χ0n) is 19.7. The number of fused-ring (bicyclic) bond motifs is 2. The molecule has 10 nitrogen and oxygen atoms in total. The minimum Gasteiger partial charge on any atom is -0.506 e. The van der Waals surface area contributed by atoms with Crippen molar-refractivity contribution in [1.29, 1.82) is 0 Å². The van der Waals surface area contributed by atoms with Gasteiger partial charge in [-0.2, -0.15) is 4.98 Å². The third-order valence-electron chi connectivity index (χ3n) is 6.45. The molecular formula is C25H27N7O3. The minimum atomic E-state index is -0.537. The van der Waals surface area contributed by atoms with Gasteiger partial charge in [0.1, 0.15) is 11.4 Å². The number of aryl methyl sites for hydroxylation is 1. The summed E-state index contributed by atoms with van der Waals surface area (Å²) in [7, 11) is 1.59. The lowest BCUT2D eigenvalue weighted by Crippen LogP contribution is -2.44. The molecule has 4 aromatic rings. The summed E-state index contributed by atoms with van der Waals surface area (Å²) < 4.78 is 4.20. The molecule has 1 saturated heterocycles. The fraction of sp³-hybridized carbons (Fsp3) is 0.360. The fourth-order valence-corrected chi connectivity index (χ4v) is 4.65. The Kier molecular flexibility index (Phi) is 5.78. The average molecular weight is 474 g/mol. The first-order valence-corrected chi connectivity index (χ1v) is 11.6. The van der Waals surface area contributed by atoms with Crippen molar-refractivity contribution in [2.75, 3.05) is 18.0 Å². The predicted molar refractivity (Wildman–Crippen MR) is 135 cm³/mol. The Hall–Kier alpha value is -4.10. The molecule has 35 heavy (non-hydrogen) atoms. The normalized spacial score (nSPS) is 16.0. The Morgan fingerprint density at radius 1 is 1.20 bits per heavy atom. The summed E-state index contributed by atoms with van der Waals surface area (Å²) in [6.07, 6.45) is 1.85. The first-order chi connectivity index (χ1) is 16.9. The molecule has 5 rings (SSSR count). The fourth-order valence-electron chi connectivity index (χ4n) is 4.65. The van der Waals surface area contributed by atoms with Crippen LogP contribution in [0.4, 0.5) is 5.95 Å². The van der Waals surface area contributed by atoms with E-state index in [0.29, 0.717) is 23.7 Å². The lowest BCUT2D eigenvalue weighted by Gasteiger charge is -2.31. The molecule has 1 aromatic carbocycles. The highest BCUT2D eigenvalue weighted by Gasteiger charge is 2.26. The second-order valence-electron chi connectivity index (χ2n) is 8.83. The van der Waals surface area contributed by atoms with Gasteiger partial charge in [-0.3, -0.25) is 18.5 Å². The van der Waals surface area contributed by atoms with E-state index >= 15 is 0 Å². The molecule has 180 valence electrons. The van der Waals surface area contributed by atoms with E-state index in [0.717, 1.165) is 29.3 Å². The molecule has 0 spiro atoms. The maximum Gasteiger partial charge on any atom is 0.332 e. The number of rotatable bonds is 4. The molecular weight excluding hydrogens is 446 g/mol. The van der Waals surface area contributed by atoms with Crippen molar-refractivity contribution in [3.63, 3.8) is 0 Å². The van der Waals surface area contributed by atoms with Gasteiger partial charge in [-0.1, -0.05) is 24.1 Å². The zero-order chi connectivity index (χ0) is 24.7. The van der Waals surface area contributed by atoms with Crippen molar-refractivity contribution >= 4 is 28.0 Å². The van der Waals surface area contributed by atoms with Crippen molar-refractivity contribution in [2.45, 2.75) is 38.9 Å². The highest BCUT2D eigenvalue weighted by molar-refractivity contribution is 5.80. The Bertz CT molecular complexity index is 1620. The summed E-state index contributed by atoms with van der Waals surface area (Å²) in [6.45, 7) is 3.18. The topological polar surface area (TPSA) is 124 Å². The van der Waals surface area contributed by atoms with E-state index in [9.17, 15) is 14.7 Å². The van der Waals surface area contributed by atoms with Gasteiger partial charge < -0.3 is 15.7 Å². The molecule has 0 unspecified atom stereocenters. The summed E-state index contributed by atoms with van der Waals surface area (Å²) in [5, 5.41) is 11.3. The maximum atomic E-state index is 13.7. The second-order valence-corrected chi connectivity index (χ2v) is 8.83. The Morgan fingerprint density at radius 3 is 2.77 bits per heavy atom. The molecule has 1 aliphatic heterocycles. The largest absolute Gasteiger partial charge is 0.506 e. The summed E-state index contributed by atoms with van der Waals surface area (Å²) >= 11 is 0. The Labute approximate surface area is 201 Å². The number of anilines is 1. The van der Waals surface area contributed by atoms with Crippen molar-refractivity contribution < 1.29 is 5.11 Å². The highest BCUT2D eigenvalue weighted by atomic mass is 16.3. The van der Waals surface area contributed by atoms with Gasteiger partial charge in [-0.15, -0.1) is 5.92 Å². The molecule has 1 fully saturated rings. The van der Waals surface area contributed by atoms with E-state index in [1.165, 1.54) is 4.57 Å². The molecule has 0 aliphatic carbocycles. The van der Waals surface area contributed by atoms with E-state index < -0.39 is 11.2 Å². The lowest BCUT2D eigenvalue weighted by molar-refractivity contribution is 0.460. The van der Waals surface area contributed by atoms with E-state index in [1.54, 1.807) is 24.6 Å². The number of nitrogens with zero attached hydrogens (tertiary/aromatic N) is 6. The van der Waals surface area contributed by atoms with Crippen LogP contribution in [0, 0.1) is 11.8 Å². The number of hydrogen-bond donors (Lipinski definition) is 2. The van der Waals surface area contributed by atoms with Crippen molar-refractivity contribution in [2.24, 2.45) is 12.8 Å². The number of aromatic nitrogens is 5. The van der Waals surface area contributed by atoms with Crippen molar-refractivity contribution in [3.05, 3.63) is 56.9 Å². The van der Waals surface area contributed by atoms with Crippen LogP contribution in [-0.2, 0) is 20.1 Å². The predicted octanol–water partition coefficient (Wildman–Crippen LogP) is 1.15. The molecule has 0 amide bonds. The van der Waals surface area contributed by atoms with Crippen LogP contribution in [0.15, 0.2) is 39.9 Å². The van der Waals surface area contributed by atoms with Crippen molar-refractivity contribution in [3.8, 4) is 17.6 Å². The molecule has 3 aromatic heterocycles. The van der Waals surface area contributed by atoms with E-state index in [-0.39, 0.29) is 36.1 Å². The van der Waals surface area contributed by atoms with Crippen LogP contribution >= 0.6 is 0 Å². The summed E-state index contributed by atoms with van der Waals surface area (Å²) in [4.78, 5) is 38.2. The summed E-state index contributed by atoms with van der Waals surface area (Å²) in [6, 6.07) is 8.95. The monoisotopic (exact) mass is 473 g/mol. The van der Waals surface area contributed by atoms with Crippen LogP contribution in [0.1, 0.15) is 25.5 Å². The van der Waals surface area contributed by atoms with Gasteiger partial charge in [-0.25, -0.2) is 9.78 Å². The third kappa shape index (κ3) is 3.94. The summed E-state index contributed by atoms with van der Waals surface area (Å²) in [5.74, 6) is 6.39. The number of aromatic hydroxyl groups is 1. The van der Waals surface area contributed by atoms with Gasteiger partial charge in [0.15, 0.2) is 11.2 Å². The first kappa shape index (κ1) is 22.7. The number of piperidine rings is 1. The molecule has 1 atom stereocenters. The summed E-state index contributed by atoms with van der Waals surface area (Å²) in [5.41, 5.74) is 6.63. The quantitative estimate of drug-likeness (QED) is 0.426. The number of hydrogen-bond acceptors (Lipinski definition) is 7. The minimum absolute atomic E-state index is 0.0108. The molecule has 0 radical (unpaired) electrons. The van der Waals surface area contributed by atoms with Gasteiger partial charge >= 0.3 is 5.69 Å². The first-order valence-electron chi connectivity index (χ1n) is 11.6. The SMILES string of the molecule is CC#CCn1c(N2CCC[C@@H](N)C2)nc2c1c(=O)n(Cc1nc3ccccc3cc1O)c(=O)n2C. The van der Waals surface area contributed by atoms with Crippen LogP contribution < -0.4 is 21.9 Å². The van der Waals surface area contributed by atoms with Gasteiger partial charge in [0.05, 0.1) is 18.6 Å². The number of nitrogens with two attached hydrogens (primary N) is 1. The number of imidazole rings is 1. The lowest BCUT2D eigenvalue weighted by atomic mass is 10.1. The van der Waals surface area contributed by atoms with E-state index in [4.69, 9.17) is 10.7 Å². The molecule has 0 bridgehead atoms. The maximum absolute atomic E-state index is 13.7. The number of para-hydroxylation sites is 1. The van der Waals surface area contributed by atoms with Crippen LogP contribution in [0.2, 0.25) is 0 Å². The molecule has 4 heterocycles. The molecule has 3 N–H and O–H groups in total. The molecule has 1 aliphatic rings.